The van der Waals surface area contributed by atoms with Crippen LogP contribution in [0.2, 0.25) is 0 Å². The zero-order valence-corrected chi connectivity index (χ0v) is 20.3. The number of anilines is 2. The SMILES string of the molecule is CCOc1ccc(CC(=O)Nc2cccc3cc(C(=O)Nc4ccc(C#N)cc4-c4nnn[nH]4)[nH]c23)cc1. The van der Waals surface area contributed by atoms with Gasteiger partial charge in [-0.25, -0.2) is 5.10 Å². The monoisotopic (exact) mass is 506 g/mol. The molecule has 0 aliphatic heterocycles. The lowest BCUT2D eigenvalue weighted by Crippen LogP contribution is -2.15. The number of H-pyrrole nitrogens is 2. The van der Waals surface area contributed by atoms with Crippen molar-refractivity contribution >= 4 is 34.1 Å². The molecular weight excluding hydrogens is 484 g/mol. The molecule has 0 saturated carbocycles. The van der Waals surface area contributed by atoms with Crippen molar-refractivity contribution in [1.82, 2.24) is 25.6 Å². The van der Waals surface area contributed by atoms with E-state index in [1.807, 2.05) is 37.3 Å². The van der Waals surface area contributed by atoms with E-state index in [1.54, 1.807) is 36.4 Å². The Morgan fingerprint density at radius 2 is 1.87 bits per heavy atom. The van der Waals surface area contributed by atoms with Gasteiger partial charge in [0.05, 0.1) is 41.6 Å². The fourth-order valence-corrected chi connectivity index (χ4v) is 4.01. The van der Waals surface area contributed by atoms with Crippen LogP contribution in [0.1, 0.15) is 28.5 Å². The lowest BCUT2D eigenvalue weighted by Gasteiger charge is -2.09. The second kappa shape index (κ2) is 10.6. The van der Waals surface area contributed by atoms with Gasteiger partial charge >= 0.3 is 0 Å². The molecule has 11 heteroatoms. The molecule has 0 fully saturated rings. The van der Waals surface area contributed by atoms with Gasteiger partial charge < -0.3 is 20.4 Å². The van der Waals surface area contributed by atoms with Crippen LogP contribution in [0.5, 0.6) is 5.75 Å². The summed E-state index contributed by atoms with van der Waals surface area (Å²) in [6, 6.07) is 21.4. The standard InChI is InChI=1S/C27H22N8O3/c1-2-38-19-9-6-16(7-10-19)13-24(36)29-22-5-3-4-18-14-23(30-25(18)22)27(37)31-21-11-8-17(15-28)12-20(21)26-32-34-35-33-26/h3-12,14,30H,2,13H2,1H3,(H,29,36)(H,31,37)(H,32,33,34,35). The number of aromatic amines is 2. The average Bonchev–Trinajstić information content (AvgIpc) is 3.61. The molecule has 38 heavy (non-hydrogen) atoms. The van der Waals surface area contributed by atoms with Gasteiger partial charge in [0, 0.05) is 10.9 Å². The third kappa shape index (κ3) is 5.19. The highest BCUT2D eigenvalue weighted by atomic mass is 16.5. The summed E-state index contributed by atoms with van der Waals surface area (Å²) < 4.78 is 5.44. The van der Waals surface area contributed by atoms with E-state index in [9.17, 15) is 14.9 Å². The fraction of sp³-hybridized carbons (Fsp3) is 0.111. The number of amides is 2. The predicted molar refractivity (Wildman–Crippen MR) is 141 cm³/mol. The molecule has 2 heterocycles. The maximum absolute atomic E-state index is 13.1. The van der Waals surface area contributed by atoms with Crippen LogP contribution in [0.4, 0.5) is 11.4 Å². The molecule has 3 aromatic carbocycles. The molecule has 2 amide bonds. The van der Waals surface area contributed by atoms with Gasteiger partial charge in [0.1, 0.15) is 11.4 Å². The quantitative estimate of drug-likeness (QED) is 0.247. The zero-order valence-electron chi connectivity index (χ0n) is 20.3. The molecule has 0 saturated heterocycles. The van der Waals surface area contributed by atoms with Crippen LogP contribution in [-0.2, 0) is 11.2 Å². The number of benzene rings is 3. The minimum atomic E-state index is -0.411. The Labute approximate surface area is 216 Å². The highest BCUT2D eigenvalue weighted by Crippen LogP contribution is 2.28. The number of tetrazole rings is 1. The fourth-order valence-electron chi connectivity index (χ4n) is 4.01. The summed E-state index contributed by atoms with van der Waals surface area (Å²) in [5.74, 6) is 0.465. The smallest absolute Gasteiger partial charge is 0.272 e. The van der Waals surface area contributed by atoms with Gasteiger partial charge in [0.15, 0.2) is 5.82 Å². The molecule has 5 rings (SSSR count). The molecule has 0 aliphatic rings. The van der Waals surface area contributed by atoms with Gasteiger partial charge in [-0.1, -0.05) is 24.3 Å². The van der Waals surface area contributed by atoms with Crippen molar-refractivity contribution in [3.05, 3.63) is 83.6 Å². The number of hydrogen-bond acceptors (Lipinski definition) is 7. The molecule has 0 atom stereocenters. The van der Waals surface area contributed by atoms with Crippen molar-refractivity contribution in [3.8, 4) is 23.2 Å². The Hall–Kier alpha value is -5.50. The average molecular weight is 507 g/mol. The summed E-state index contributed by atoms with van der Waals surface area (Å²) in [7, 11) is 0. The van der Waals surface area contributed by atoms with E-state index >= 15 is 0 Å². The van der Waals surface area contributed by atoms with Crippen molar-refractivity contribution in [2.24, 2.45) is 0 Å². The van der Waals surface area contributed by atoms with Gasteiger partial charge in [-0.3, -0.25) is 9.59 Å². The van der Waals surface area contributed by atoms with Crippen molar-refractivity contribution in [2.45, 2.75) is 13.3 Å². The first-order valence-corrected chi connectivity index (χ1v) is 11.8. The van der Waals surface area contributed by atoms with Crippen LogP contribution in [-0.4, -0.2) is 44.0 Å². The Bertz CT molecular complexity index is 1650. The number of carbonyl (C=O) groups is 2. The van der Waals surface area contributed by atoms with E-state index in [-0.39, 0.29) is 12.3 Å². The minimum absolute atomic E-state index is 0.189. The summed E-state index contributed by atoms with van der Waals surface area (Å²) in [6.45, 7) is 2.49. The number of ether oxygens (including phenoxy) is 1. The molecule has 0 bridgehead atoms. The van der Waals surface area contributed by atoms with Crippen LogP contribution in [0.25, 0.3) is 22.3 Å². The van der Waals surface area contributed by atoms with E-state index in [0.29, 0.717) is 46.1 Å². The van der Waals surface area contributed by atoms with Crippen LogP contribution in [0.15, 0.2) is 66.7 Å². The Balaban J connectivity index is 1.34. The number of hydrogen-bond donors (Lipinski definition) is 4. The van der Waals surface area contributed by atoms with E-state index in [0.717, 1.165) is 16.7 Å². The number of rotatable bonds is 8. The lowest BCUT2D eigenvalue weighted by molar-refractivity contribution is -0.115. The molecular formula is C27H22N8O3. The second-order valence-corrected chi connectivity index (χ2v) is 8.33. The molecule has 5 aromatic rings. The molecule has 2 aromatic heterocycles. The van der Waals surface area contributed by atoms with Crippen LogP contribution >= 0.6 is 0 Å². The number of nitriles is 1. The van der Waals surface area contributed by atoms with Crippen molar-refractivity contribution < 1.29 is 14.3 Å². The minimum Gasteiger partial charge on any atom is -0.494 e. The number of carbonyl (C=O) groups excluding carboxylic acids is 2. The molecule has 0 aliphatic carbocycles. The summed E-state index contributed by atoms with van der Waals surface area (Å²) in [6.07, 6.45) is 0.189. The number of nitrogens with one attached hydrogen (secondary N) is 4. The Morgan fingerprint density at radius 3 is 2.61 bits per heavy atom. The third-order valence-corrected chi connectivity index (χ3v) is 5.77. The van der Waals surface area contributed by atoms with Crippen molar-refractivity contribution in [1.29, 1.82) is 5.26 Å². The summed E-state index contributed by atoms with van der Waals surface area (Å²) >= 11 is 0. The number of aromatic nitrogens is 5. The van der Waals surface area contributed by atoms with Gasteiger partial charge in [0.2, 0.25) is 5.91 Å². The van der Waals surface area contributed by atoms with Gasteiger partial charge in [-0.2, -0.15) is 5.26 Å². The molecule has 0 unspecified atom stereocenters. The normalized spacial score (nSPS) is 10.6. The Morgan fingerprint density at radius 1 is 1.03 bits per heavy atom. The summed E-state index contributed by atoms with van der Waals surface area (Å²) in [5, 5.41) is 29.4. The first-order chi connectivity index (χ1) is 18.5. The van der Waals surface area contributed by atoms with E-state index in [2.05, 4.69) is 42.3 Å². The predicted octanol–water partition coefficient (Wildman–Crippen LogP) is 4.05. The maximum atomic E-state index is 13.1. The summed E-state index contributed by atoms with van der Waals surface area (Å²) in [4.78, 5) is 29.0. The van der Waals surface area contributed by atoms with Crippen molar-refractivity contribution in [2.75, 3.05) is 17.2 Å². The van der Waals surface area contributed by atoms with E-state index < -0.39 is 5.91 Å². The van der Waals surface area contributed by atoms with Gasteiger partial charge in [0.25, 0.3) is 5.91 Å². The second-order valence-electron chi connectivity index (χ2n) is 8.33. The largest absolute Gasteiger partial charge is 0.494 e. The number of para-hydroxylation sites is 1. The van der Waals surface area contributed by atoms with Crippen molar-refractivity contribution in [3.63, 3.8) is 0 Å². The van der Waals surface area contributed by atoms with Gasteiger partial charge in [-0.05, 0) is 65.4 Å². The Kier molecular flexibility index (Phi) is 6.77. The summed E-state index contributed by atoms with van der Waals surface area (Å²) in [5.41, 5.74) is 3.62. The maximum Gasteiger partial charge on any atom is 0.272 e. The lowest BCUT2D eigenvalue weighted by atomic mass is 10.1. The highest BCUT2D eigenvalue weighted by Gasteiger charge is 2.17. The highest BCUT2D eigenvalue weighted by molar-refractivity contribution is 6.09. The van der Waals surface area contributed by atoms with E-state index in [1.165, 1.54) is 0 Å². The van der Waals surface area contributed by atoms with E-state index in [4.69, 9.17) is 4.74 Å². The first kappa shape index (κ1) is 24.2. The zero-order chi connectivity index (χ0) is 26.5. The van der Waals surface area contributed by atoms with Crippen LogP contribution in [0.3, 0.4) is 0 Å². The van der Waals surface area contributed by atoms with Crippen LogP contribution in [0, 0.1) is 11.3 Å². The first-order valence-electron chi connectivity index (χ1n) is 11.8. The molecule has 188 valence electrons. The molecule has 0 spiro atoms. The molecule has 11 nitrogen and oxygen atoms in total. The number of nitrogens with zero attached hydrogens (tertiary/aromatic N) is 4. The number of fused-ring (bicyclic) bond motifs is 1. The van der Waals surface area contributed by atoms with Gasteiger partial charge in [-0.15, -0.1) is 5.10 Å². The third-order valence-electron chi connectivity index (χ3n) is 5.77. The molecule has 4 N–H and O–H groups in total. The molecule has 0 radical (unpaired) electrons. The van der Waals surface area contributed by atoms with Crippen LogP contribution < -0.4 is 15.4 Å². The topological polar surface area (TPSA) is 161 Å².